The van der Waals surface area contributed by atoms with Crippen molar-refractivity contribution in [2.75, 3.05) is 6.54 Å². The van der Waals surface area contributed by atoms with E-state index in [1.54, 1.807) is 0 Å². The Bertz CT molecular complexity index is 847. The molecule has 0 bridgehead atoms. The molecule has 0 aliphatic heterocycles. The second kappa shape index (κ2) is 7.04. The van der Waals surface area contributed by atoms with E-state index in [0.29, 0.717) is 18.5 Å². The molecule has 3 rings (SSSR count). The first kappa shape index (κ1) is 15.9. The average Bonchev–Trinajstić information content (AvgIpc) is 3.08. The van der Waals surface area contributed by atoms with Crippen LogP contribution in [-0.4, -0.2) is 17.6 Å². The quantitative estimate of drug-likeness (QED) is 0.779. The van der Waals surface area contributed by atoms with Crippen LogP contribution >= 0.6 is 0 Å². The molecule has 0 unspecified atom stereocenters. The summed E-state index contributed by atoms with van der Waals surface area (Å²) in [6.45, 7) is 0.455. The third-order valence-electron chi connectivity index (χ3n) is 3.49. The molecule has 1 N–H and O–H groups in total. The molecule has 1 aromatic heterocycles. The number of hydrogen-bond acceptors (Lipinski definition) is 3. The summed E-state index contributed by atoms with van der Waals surface area (Å²) >= 11 is 0. The molecule has 0 saturated heterocycles. The van der Waals surface area contributed by atoms with E-state index in [2.05, 4.69) is 10.5 Å². The molecule has 0 spiro atoms. The van der Waals surface area contributed by atoms with Crippen molar-refractivity contribution < 1.29 is 18.1 Å². The number of aromatic nitrogens is 1. The smallest absolute Gasteiger partial charge is 0.273 e. The molecule has 1 heterocycles. The van der Waals surface area contributed by atoms with Gasteiger partial charge in [0.1, 0.15) is 0 Å². The van der Waals surface area contributed by atoms with Crippen LogP contribution in [-0.2, 0) is 6.42 Å². The Morgan fingerprint density at radius 1 is 1.04 bits per heavy atom. The molecule has 0 atom stereocenters. The summed E-state index contributed by atoms with van der Waals surface area (Å²) in [5.41, 5.74) is 1.51. The van der Waals surface area contributed by atoms with E-state index in [1.165, 1.54) is 12.1 Å². The molecule has 6 heteroatoms. The molecule has 24 heavy (non-hydrogen) atoms. The number of hydrogen-bond donors (Lipinski definition) is 1. The van der Waals surface area contributed by atoms with Gasteiger partial charge in [-0.3, -0.25) is 4.79 Å². The molecule has 0 aliphatic rings. The second-order valence-corrected chi connectivity index (χ2v) is 5.20. The highest BCUT2D eigenvalue weighted by Crippen LogP contribution is 2.22. The molecule has 0 aliphatic carbocycles. The number of amides is 1. The number of nitrogens with zero attached hydrogens (tertiary/aromatic N) is 1. The second-order valence-electron chi connectivity index (χ2n) is 5.20. The highest BCUT2D eigenvalue weighted by atomic mass is 19.2. The summed E-state index contributed by atoms with van der Waals surface area (Å²) in [6, 6.07) is 14.5. The van der Waals surface area contributed by atoms with E-state index in [0.717, 1.165) is 17.7 Å². The SMILES string of the molecule is O=C(NCCc1ccccc1)c1cc(-c2ccc(F)c(F)c2)on1. The van der Waals surface area contributed by atoms with E-state index >= 15 is 0 Å². The van der Waals surface area contributed by atoms with Gasteiger partial charge < -0.3 is 9.84 Å². The first-order valence-corrected chi connectivity index (χ1v) is 7.38. The Kier molecular flexibility index (Phi) is 4.65. The number of carbonyl (C=O) groups excluding carboxylic acids is 1. The molecule has 0 radical (unpaired) electrons. The summed E-state index contributed by atoms with van der Waals surface area (Å²) in [6.07, 6.45) is 0.695. The van der Waals surface area contributed by atoms with Crippen molar-refractivity contribution in [3.63, 3.8) is 0 Å². The van der Waals surface area contributed by atoms with Crippen molar-refractivity contribution in [3.05, 3.63) is 77.5 Å². The van der Waals surface area contributed by atoms with Gasteiger partial charge in [0.25, 0.3) is 5.91 Å². The van der Waals surface area contributed by atoms with E-state index in [1.807, 2.05) is 30.3 Å². The van der Waals surface area contributed by atoms with Gasteiger partial charge in [-0.1, -0.05) is 35.5 Å². The Morgan fingerprint density at radius 3 is 2.58 bits per heavy atom. The van der Waals surface area contributed by atoms with Gasteiger partial charge in [-0.05, 0) is 30.2 Å². The number of nitrogens with one attached hydrogen (secondary N) is 1. The highest BCUT2D eigenvalue weighted by Gasteiger charge is 2.14. The van der Waals surface area contributed by atoms with Crippen LogP contribution in [0.15, 0.2) is 59.1 Å². The fraction of sp³-hybridized carbons (Fsp3) is 0.111. The minimum atomic E-state index is -0.988. The highest BCUT2D eigenvalue weighted by molar-refractivity contribution is 5.93. The third-order valence-corrected chi connectivity index (χ3v) is 3.49. The van der Waals surface area contributed by atoms with Crippen LogP contribution in [0.2, 0.25) is 0 Å². The van der Waals surface area contributed by atoms with Crippen LogP contribution in [0.1, 0.15) is 16.1 Å². The predicted octanol–water partition coefficient (Wildman–Crippen LogP) is 3.59. The molecule has 3 aromatic rings. The van der Waals surface area contributed by atoms with Crippen LogP contribution in [0.5, 0.6) is 0 Å². The Labute approximate surface area is 137 Å². The van der Waals surface area contributed by atoms with Gasteiger partial charge in [-0.15, -0.1) is 0 Å². The van der Waals surface area contributed by atoms with Crippen molar-refractivity contribution in [1.29, 1.82) is 0 Å². The number of carbonyl (C=O) groups is 1. The summed E-state index contributed by atoms with van der Waals surface area (Å²) in [7, 11) is 0. The monoisotopic (exact) mass is 328 g/mol. The molecule has 1 amide bonds. The maximum absolute atomic E-state index is 13.2. The van der Waals surface area contributed by atoms with Crippen LogP contribution in [0.4, 0.5) is 8.78 Å². The van der Waals surface area contributed by atoms with Crippen LogP contribution < -0.4 is 5.32 Å². The van der Waals surface area contributed by atoms with Crippen molar-refractivity contribution in [2.45, 2.75) is 6.42 Å². The molecule has 0 fully saturated rings. The molecule has 122 valence electrons. The van der Waals surface area contributed by atoms with Gasteiger partial charge >= 0.3 is 0 Å². The van der Waals surface area contributed by atoms with E-state index in [4.69, 9.17) is 4.52 Å². The van der Waals surface area contributed by atoms with E-state index < -0.39 is 11.6 Å². The van der Waals surface area contributed by atoms with E-state index in [9.17, 15) is 13.6 Å². The summed E-state index contributed by atoms with van der Waals surface area (Å²) in [5.74, 6) is -2.12. The van der Waals surface area contributed by atoms with Crippen molar-refractivity contribution in [1.82, 2.24) is 10.5 Å². The van der Waals surface area contributed by atoms with Crippen LogP contribution in [0, 0.1) is 11.6 Å². The van der Waals surface area contributed by atoms with Gasteiger partial charge in [-0.25, -0.2) is 8.78 Å². The lowest BCUT2D eigenvalue weighted by molar-refractivity contribution is 0.0945. The minimum absolute atomic E-state index is 0.0859. The number of rotatable bonds is 5. The van der Waals surface area contributed by atoms with E-state index in [-0.39, 0.29) is 17.4 Å². The van der Waals surface area contributed by atoms with Gasteiger partial charge in [0.2, 0.25) is 0 Å². The van der Waals surface area contributed by atoms with Gasteiger partial charge in [0.15, 0.2) is 23.1 Å². The molecule has 2 aromatic carbocycles. The fourth-order valence-corrected chi connectivity index (χ4v) is 2.22. The maximum atomic E-state index is 13.2. The summed E-state index contributed by atoms with van der Waals surface area (Å²) in [5, 5.41) is 6.40. The van der Waals surface area contributed by atoms with Gasteiger partial charge in [-0.2, -0.15) is 0 Å². The zero-order chi connectivity index (χ0) is 16.9. The van der Waals surface area contributed by atoms with Crippen LogP contribution in [0.25, 0.3) is 11.3 Å². The summed E-state index contributed by atoms with van der Waals surface area (Å²) in [4.78, 5) is 12.0. The lowest BCUT2D eigenvalue weighted by Gasteiger charge is -2.02. The lowest BCUT2D eigenvalue weighted by Crippen LogP contribution is -2.25. The molecular weight excluding hydrogens is 314 g/mol. The van der Waals surface area contributed by atoms with Crippen molar-refractivity contribution >= 4 is 5.91 Å². The minimum Gasteiger partial charge on any atom is -0.355 e. The molecular formula is C18H14F2N2O2. The molecule has 4 nitrogen and oxygen atoms in total. The first-order valence-electron chi connectivity index (χ1n) is 7.38. The zero-order valence-corrected chi connectivity index (χ0v) is 12.6. The fourth-order valence-electron chi connectivity index (χ4n) is 2.22. The normalized spacial score (nSPS) is 10.6. The largest absolute Gasteiger partial charge is 0.355 e. The van der Waals surface area contributed by atoms with Crippen LogP contribution in [0.3, 0.4) is 0 Å². The summed E-state index contributed by atoms with van der Waals surface area (Å²) < 4.78 is 31.2. The van der Waals surface area contributed by atoms with Gasteiger partial charge in [0, 0.05) is 18.2 Å². The lowest BCUT2D eigenvalue weighted by atomic mass is 10.1. The zero-order valence-electron chi connectivity index (χ0n) is 12.6. The average molecular weight is 328 g/mol. The predicted molar refractivity (Wildman–Crippen MR) is 84.3 cm³/mol. The number of halogens is 2. The Morgan fingerprint density at radius 2 is 1.83 bits per heavy atom. The Hall–Kier alpha value is -3.02. The maximum Gasteiger partial charge on any atom is 0.273 e. The first-order chi connectivity index (χ1) is 11.6. The van der Waals surface area contributed by atoms with Crippen molar-refractivity contribution in [2.24, 2.45) is 0 Å². The molecule has 0 saturated carbocycles. The number of benzene rings is 2. The standard InChI is InChI=1S/C18H14F2N2O2/c19-14-7-6-13(10-15(14)20)17-11-16(22-24-17)18(23)21-9-8-12-4-2-1-3-5-12/h1-7,10-11H,8-9H2,(H,21,23). The van der Waals surface area contributed by atoms with Crippen molar-refractivity contribution in [3.8, 4) is 11.3 Å². The third kappa shape index (κ3) is 3.65. The van der Waals surface area contributed by atoms with Gasteiger partial charge in [0.05, 0.1) is 0 Å². The topological polar surface area (TPSA) is 55.1 Å². The Balaban J connectivity index is 1.62.